The normalized spacial score (nSPS) is 9.56. The fourth-order valence-corrected chi connectivity index (χ4v) is 1.61. The monoisotopic (exact) mass is 236 g/mol. The molecule has 16 heavy (non-hydrogen) atoms. The molecular formula is C12H13ClN2O. The molecule has 0 saturated heterocycles. The topological polar surface area (TPSA) is 47.3 Å². The molecule has 84 valence electrons. The Bertz CT molecular complexity index is 412. The first-order valence-electron chi connectivity index (χ1n) is 4.89. The van der Waals surface area contributed by atoms with E-state index in [4.69, 9.17) is 22.0 Å². The van der Waals surface area contributed by atoms with Gasteiger partial charge in [0.15, 0.2) is 0 Å². The van der Waals surface area contributed by atoms with Crippen molar-refractivity contribution in [2.75, 3.05) is 24.6 Å². The minimum absolute atomic E-state index is 0.0191. The van der Waals surface area contributed by atoms with Crippen LogP contribution in [0, 0.1) is 11.3 Å². The molecule has 1 aromatic rings. The number of nitriles is 1. The lowest BCUT2D eigenvalue weighted by atomic mass is 10.1. The number of rotatable bonds is 5. The second-order valence-corrected chi connectivity index (χ2v) is 3.67. The summed E-state index contributed by atoms with van der Waals surface area (Å²) in [4.78, 5) is 1.86. The Balaban J connectivity index is 3.10. The van der Waals surface area contributed by atoms with Crippen LogP contribution in [-0.4, -0.2) is 24.8 Å². The van der Waals surface area contributed by atoms with Crippen molar-refractivity contribution in [1.82, 2.24) is 0 Å². The van der Waals surface area contributed by atoms with Crippen LogP contribution < -0.4 is 4.90 Å². The van der Waals surface area contributed by atoms with E-state index < -0.39 is 0 Å². The predicted molar refractivity (Wildman–Crippen MR) is 65.7 cm³/mol. The quantitative estimate of drug-likeness (QED) is 0.798. The molecule has 0 aromatic heterocycles. The SMILES string of the molecule is C=CCN(CCO)c1cc(Cl)ccc1C#N. The maximum atomic E-state index is 8.99. The summed E-state index contributed by atoms with van der Waals surface area (Å²) in [6, 6.07) is 7.17. The second kappa shape index (κ2) is 6.16. The van der Waals surface area contributed by atoms with E-state index in [2.05, 4.69) is 12.6 Å². The second-order valence-electron chi connectivity index (χ2n) is 3.23. The molecule has 0 amide bonds. The van der Waals surface area contributed by atoms with Gasteiger partial charge in [0.05, 0.1) is 17.9 Å². The summed E-state index contributed by atoms with van der Waals surface area (Å²) in [5.41, 5.74) is 1.27. The molecular weight excluding hydrogens is 224 g/mol. The van der Waals surface area contributed by atoms with E-state index >= 15 is 0 Å². The van der Waals surface area contributed by atoms with Crippen molar-refractivity contribution in [2.45, 2.75) is 0 Å². The Morgan fingerprint density at radius 3 is 2.88 bits per heavy atom. The fourth-order valence-electron chi connectivity index (χ4n) is 1.45. The van der Waals surface area contributed by atoms with Gasteiger partial charge in [-0.3, -0.25) is 0 Å². The van der Waals surface area contributed by atoms with Crippen molar-refractivity contribution < 1.29 is 5.11 Å². The van der Waals surface area contributed by atoms with Gasteiger partial charge in [-0.05, 0) is 18.2 Å². The van der Waals surface area contributed by atoms with Gasteiger partial charge in [-0.25, -0.2) is 0 Å². The van der Waals surface area contributed by atoms with E-state index in [0.717, 1.165) is 5.69 Å². The summed E-state index contributed by atoms with van der Waals surface area (Å²) in [5, 5.41) is 18.5. The van der Waals surface area contributed by atoms with Gasteiger partial charge in [0.1, 0.15) is 6.07 Å². The van der Waals surface area contributed by atoms with E-state index in [9.17, 15) is 0 Å². The van der Waals surface area contributed by atoms with Crippen molar-refractivity contribution in [2.24, 2.45) is 0 Å². The van der Waals surface area contributed by atoms with Crippen LogP contribution in [0.3, 0.4) is 0 Å². The molecule has 0 atom stereocenters. The number of aliphatic hydroxyl groups excluding tert-OH is 1. The largest absolute Gasteiger partial charge is 0.395 e. The van der Waals surface area contributed by atoms with Crippen LogP contribution >= 0.6 is 11.6 Å². The summed E-state index contributed by atoms with van der Waals surface area (Å²) >= 11 is 5.89. The number of aliphatic hydroxyl groups is 1. The van der Waals surface area contributed by atoms with Crippen molar-refractivity contribution >= 4 is 17.3 Å². The third-order valence-electron chi connectivity index (χ3n) is 2.14. The molecule has 0 fully saturated rings. The van der Waals surface area contributed by atoms with Crippen molar-refractivity contribution in [3.8, 4) is 6.07 Å². The summed E-state index contributed by atoms with van der Waals surface area (Å²) < 4.78 is 0. The maximum Gasteiger partial charge on any atom is 0.101 e. The summed E-state index contributed by atoms with van der Waals surface area (Å²) in [6.07, 6.45) is 1.72. The van der Waals surface area contributed by atoms with Crippen molar-refractivity contribution in [3.63, 3.8) is 0 Å². The highest BCUT2D eigenvalue weighted by Crippen LogP contribution is 2.24. The molecule has 1 N–H and O–H groups in total. The Morgan fingerprint density at radius 2 is 2.31 bits per heavy atom. The van der Waals surface area contributed by atoms with Gasteiger partial charge in [0.2, 0.25) is 0 Å². The van der Waals surface area contributed by atoms with Crippen LogP contribution in [0.1, 0.15) is 5.56 Å². The molecule has 0 saturated carbocycles. The first-order chi connectivity index (χ1) is 7.72. The molecule has 1 rings (SSSR count). The van der Waals surface area contributed by atoms with E-state index in [1.165, 1.54) is 0 Å². The van der Waals surface area contributed by atoms with Gasteiger partial charge in [-0.2, -0.15) is 5.26 Å². The van der Waals surface area contributed by atoms with Crippen LogP contribution in [0.15, 0.2) is 30.9 Å². The highest BCUT2D eigenvalue weighted by atomic mass is 35.5. The Kier molecular flexibility index (Phi) is 4.84. The highest BCUT2D eigenvalue weighted by Gasteiger charge is 2.10. The lowest BCUT2D eigenvalue weighted by Gasteiger charge is -2.23. The van der Waals surface area contributed by atoms with Crippen molar-refractivity contribution in [1.29, 1.82) is 5.26 Å². The number of anilines is 1. The summed E-state index contributed by atoms with van der Waals surface area (Å²) in [6.45, 7) is 4.68. The average molecular weight is 237 g/mol. The van der Waals surface area contributed by atoms with Crippen LogP contribution in [0.2, 0.25) is 5.02 Å². The lowest BCUT2D eigenvalue weighted by molar-refractivity contribution is 0.303. The van der Waals surface area contributed by atoms with Gasteiger partial charge < -0.3 is 10.0 Å². The zero-order valence-corrected chi connectivity index (χ0v) is 9.61. The van der Waals surface area contributed by atoms with Crippen LogP contribution in [0.4, 0.5) is 5.69 Å². The molecule has 0 aliphatic heterocycles. The molecule has 0 bridgehead atoms. The molecule has 0 aliphatic rings. The lowest BCUT2D eigenvalue weighted by Crippen LogP contribution is -2.27. The molecule has 0 spiro atoms. The van der Waals surface area contributed by atoms with Gasteiger partial charge in [-0.1, -0.05) is 17.7 Å². The van der Waals surface area contributed by atoms with Gasteiger partial charge >= 0.3 is 0 Å². The minimum Gasteiger partial charge on any atom is -0.395 e. The van der Waals surface area contributed by atoms with Crippen LogP contribution in [-0.2, 0) is 0 Å². The van der Waals surface area contributed by atoms with E-state index in [-0.39, 0.29) is 6.61 Å². The standard InChI is InChI=1S/C12H13ClN2O/c1-2-5-15(6-7-16)12-8-11(13)4-3-10(12)9-14/h2-4,8,16H,1,5-7H2. The summed E-state index contributed by atoms with van der Waals surface area (Å²) in [7, 11) is 0. The number of hydrogen-bond donors (Lipinski definition) is 1. The Labute approximate surface area is 100 Å². The van der Waals surface area contributed by atoms with E-state index in [1.54, 1.807) is 24.3 Å². The molecule has 0 aliphatic carbocycles. The number of halogens is 1. The third-order valence-corrected chi connectivity index (χ3v) is 2.38. The molecule has 0 unspecified atom stereocenters. The minimum atomic E-state index is 0.0191. The molecule has 1 aromatic carbocycles. The van der Waals surface area contributed by atoms with Gasteiger partial charge in [0.25, 0.3) is 0 Å². The number of nitrogens with zero attached hydrogens (tertiary/aromatic N) is 2. The molecule has 0 radical (unpaired) electrons. The molecule has 0 heterocycles. The van der Waals surface area contributed by atoms with Crippen LogP contribution in [0.25, 0.3) is 0 Å². The zero-order valence-electron chi connectivity index (χ0n) is 8.86. The Morgan fingerprint density at radius 1 is 1.56 bits per heavy atom. The number of hydrogen-bond acceptors (Lipinski definition) is 3. The highest BCUT2D eigenvalue weighted by molar-refractivity contribution is 6.30. The maximum absolute atomic E-state index is 8.99. The third kappa shape index (κ3) is 2.99. The fraction of sp³-hybridized carbons (Fsp3) is 0.250. The first-order valence-corrected chi connectivity index (χ1v) is 5.27. The predicted octanol–water partition coefficient (Wildman–Crippen LogP) is 2.20. The van der Waals surface area contributed by atoms with Crippen molar-refractivity contribution in [3.05, 3.63) is 41.4 Å². The van der Waals surface area contributed by atoms with Gasteiger partial charge in [0, 0.05) is 18.1 Å². The summed E-state index contributed by atoms with van der Waals surface area (Å²) in [5.74, 6) is 0. The van der Waals surface area contributed by atoms with E-state index in [0.29, 0.717) is 23.7 Å². The molecule has 4 heteroatoms. The van der Waals surface area contributed by atoms with E-state index in [1.807, 2.05) is 4.90 Å². The van der Waals surface area contributed by atoms with Crippen LogP contribution in [0.5, 0.6) is 0 Å². The smallest absolute Gasteiger partial charge is 0.101 e. The Hall–Kier alpha value is -1.50. The first kappa shape index (κ1) is 12.6. The zero-order chi connectivity index (χ0) is 12.0. The van der Waals surface area contributed by atoms with Gasteiger partial charge in [-0.15, -0.1) is 6.58 Å². The average Bonchev–Trinajstić information content (AvgIpc) is 2.29. The number of benzene rings is 1. The molecule has 3 nitrogen and oxygen atoms in total.